The monoisotopic (exact) mass is 572 g/mol. The number of carbonyl (C=O) groups is 3. The summed E-state index contributed by atoms with van der Waals surface area (Å²) in [5, 5.41) is 6.88. The maximum absolute atomic E-state index is 13.5. The Hall–Kier alpha value is -4.67. The molecule has 1 saturated heterocycles. The standard InChI is InChI=1S/C30H29ClN6O4/c1-20-25(26(35-41-20)28(38)33-34-30(40)32-24-14-12-23(31)13-15-24)29(39)37-18-16-36(17-19-37)27(21-8-4-2-5-9-21)22-10-6-3-7-11-22/h2-15,27H,16-19H2,1H3,(H,33,38)(H2,32,34,40). The molecule has 10 nitrogen and oxygen atoms in total. The zero-order valence-electron chi connectivity index (χ0n) is 22.3. The highest BCUT2D eigenvalue weighted by Crippen LogP contribution is 2.30. The van der Waals surface area contributed by atoms with Gasteiger partial charge in [-0.2, -0.15) is 0 Å². The summed E-state index contributed by atoms with van der Waals surface area (Å²) in [5.74, 6) is -0.905. The average Bonchev–Trinajstić information content (AvgIpc) is 3.39. The first kappa shape index (κ1) is 27.9. The molecular weight excluding hydrogens is 544 g/mol. The van der Waals surface area contributed by atoms with Crippen LogP contribution >= 0.6 is 11.6 Å². The predicted molar refractivity (Wildman–Crippen MR) is 155 cm³/mol. The van der Waals surface area contributed by atoms with Crippen molar-refractivity contribution in [3.63, 3.8) is 0 Å². The molecule has 210 valence electrons. The number of anilines is 1. The Labute approximate surface area is 242 Å². The summed E-state index contributed by atoms with van der Waals surface area (Å²) in [6.45, 7) is 3.77. The molecule has 2 heterocycles. The lowest BCUT2D eigenvalue weighted by atomic mass is 9.96. The normalized spacial score (nSPS) is 13.6. The van der Waals surface area contributed by atoms with Gasteiger partial charge >= 0.3 is 6.03 Å². The van der Waals surface area contributed by atoms with Gasteiger partial charge in [0.05, 0.1) is 6.04 Å². The number of nitrogens with zero attached hydrogens (tertiary/aromatic N) is 3. The van der Waals surface area contributed by atoms with E-state index in [2.05, 4.69) is 50.5 Å². The van der Waals surface area contributed by atoms with Crippen molar-refractivity contribution in [2.75, 3.05) is 31.5 Å². The molecule has 3 aromatic carbocycles. The van der Waals surface area contributed by atoms with E-state index in [9.17, 15) is 14.4 Å². The van der Waals surface area contributed by atoms with Crippen molar-refractivity contribution in [3.8, 4) is 0 Å². The molecule has 1 fully saturated rings. The SMILES string of the molecule is Cc1onc(C(=O)NNC(=O)Nc2ccc(Cl)cc2)c1C(=O)N1CCN(C(c2ccccc2)c2ccccc2)CC1. The van der Waals surface area contributed by atoms with Crippen molar-refractivity contribution in [2.24, 2.45) is 0 Å². The van der Waals surface area contributed by atoms with Crippen LogP contribution in [0.1, 0.15) is 43.8 Å². The number of urea groups is 1. The predicted octanol–water partition coefficient (Wildman–Crippen LogP) is 4.65. The average molecular weight is 573 g/mol. The number of hydrogen-bond acceptors (Lipinski definition) is 6. The number of halogens is 1. The third-order valence-corrected chi connectivity index (χ3v) is 7.13. The van der Waals surface area contributed by atoms with Crippen molar-refractivity contribution >= 4 is 35.1 Å². The Morgan fingerprint density at radius 3 is 2.00 bits per heavy atom. The third kappa shape index (κ3) is 6.56. The van der Waals surface area contributed by atoms with Gasteiger partial charge in [0, 0.05) is 36.9 Å². The van der Waals surface area contributed by atoms with E-state index in [-0.39, 0.29) is 29.0 Å². The number of benzene rings is 3. The van der Waals surface area contributed by atoms with Crippen LogP contribution in [-0.2, 0) is 0 Å². The minimum atomic E-state index is -0.775. The maximum Gasteiger partial charge on any atom is 0.337 e. The first-order valence-corrected chi connectivity index (χ1v) is 13.5. The van der Waals surface area contributed by atoms with Crippen molar-refractivity contribution in [1.29, 1.82) is 0 Å². The van der Waals surface area contributed by atoms with E-state index in [1.807, 2.05) is 36.4 Å². The van der Waals surface area contributed by atoms with Crippen LogP contribution in [0.25, 0.3) is 0 Å². The van der Waals surface area contributed by atoms with E-state index in [1.54, 1.807) is 36.1 Å². The molecule has 11 heteroatoms. The maximum atomic E-state index is 13.5. The molecule has 3 N–H and O–H groups in total. The van der Waals surface area contributed by atoms with Gasteiger partial charge in [-0.25, -0.2) is 10.2 Å². The second-order valence-corrected chi connectivity index (χ2v) is 9.99. The fraction of sp³-hybridized carbons (Fsp3) is 0.200. The lowest BCUT2D eigenvalue weighted by molar-refractivity contribution is 0.0592. The summed E-state index contributed by atoms with van der Waals surface area (Å²) in [6, 6.07) is 26.4. The third-order valence-electron chi connectivity index (χ3n) is 6.88. The van der Waals surface area contributed by atoms with Gasteiger partial charge in [-0.1, -0.05) is 77.4 Å². The first-order valence-electron chi connectivity index (χ1n) is 13.1. The van der Waals surface area contributed by atoms with Crippen LogP contribution < -0.4 is 16.2 Å². The van der Waals surface area contributed by atoms with Gasteiger partial charge in [0.1, 0.15) is 11.3 Å². The topological polar surface area (TPSA) is 120 Å². The molecular formula is C30H29ClN6O4. The zero-order valence-corrected chi connectivity index (χ0v) is 23.1. The molecule has 0 unspecified atom stereocenters. The second-order valence-electron chi connectivity index (χ2n) is 9.55. The van der Waals surface area contributed by atoms with Gasteiger partial charge in [0.15, 0.2) is 5.69 Å². The van der Waals surface area contributed by atoms with Gasteiger partial charge in [-0.15, -0.1) is 0 Å². The van der Waals surface area contributed by atoms with E-state index in [4.69, 9.17) is 16.1 Å². The smallest absolute Gasteiger partial charge is 0.337 e. The van der Waals surface area contributed by atoms with E-state index in [0.717, 1.165) is 0 Å². The van der Waals surface area contributed by atoms with Crippen LogP contribution in [0.2, 0.25) is 5.02 Å². The number of carbonyl (C=O) groups excluding carboxylic acids is 3. The Balaban J connectivity index is 1.23. The quantitative estimate of drug-likeness (QED) is 0.289. The van der Waals surface area contributed by atoms with Gasteiger partial charge in [0.2, 0.25) is 0 Å². The number of aromatic nitrogens is 1. The largest absolute Gasteiger partial charge is 0.360 e. The van der Waals surface area contributed by atoms with E-state index < -0.39 is 11.9 Å². The summed E-state index contributed by atoms with van der Waals surface area (Å²) in [4.78, 5) is 42.6. The van der Waals surface area contributed by atoms with E-state index >= 15 is 0 Å². The molecule has 1 aromatic heterocycles. The number of aryl methyl sites for hydroxylation is 1. The van der Waals surface area contributed by atoms with Crippen LogP contribution in [-0.4, -0.2) is 59.0 Å². The minimum absolute atomic E-state index is 0.0541. The van der Waals surface area contributed by atoms with Gasteiger partial charge < -0.3 is 14.7 Å². The summed E-state index contributed by atoms with van der Waals surface area (Å²) >= 11 is 5.85. The lowest BCUT2D eigenvalue weighted by Gasteiger charge is -2.39. The molecule has 5 rings (SSSR count). The highest BCUT2D eigenvalue weighted by atomic mass is 35.5. The minimum Gasteiger partial charge on any atom is -0.360 e. The van der Waals surface area contributed by atoms with Crippen molar-refractivity contribution in [2.45, 2.75) is 13.0 Å². The Kier molecular flexibility index (Phi) is 8.61. The highest BCUT2D eigenvalue weighted by molar-refractivity contribution is 6.30. The van der Waals surface area contributed by atoms with Crippen molar-refractivity contribution in [3.05, 3.63) is 118 Å². The zero-order chi connectivity index (χ0) is 28.8. The van der Waals surface area contributed by atoms with Crippen LogP contribution in [0.15, 0.2) is 89.5 Å². The molecule has 1 aliphatic heterocycles. The number of rotatable bonds is 6. The fourth-order valence-corrected chi connectivity index (χ4v) is 5.00. The summed E-state index contributed by atoms with van der Waals surface area (Å²) in [7, 11) is 0. The summed E-state index contributed by atoms with van der Waals surface area (Å²) < 4.78 is 5.21. The molecule has 1 aliphatic rings. The van der Waals surface area contributed by atoms with Crippen molar-refractivity contribution < 1.29 is 18.9 Å². The van der Waals surface area contributed by atoms with E-state index in [1.165, 1.54) is 11.1 Å². The highest BCUT2D eigenvalue weighted by Gasteiger charge is 2.33. The molecule has 0 atom stereocenters. The Morgan fingerprint density at radius 2 is 1.41 bits per heavy atom. The van der Waals surface area contributed by atoms with Gasteiger partial charge in [0.25, 0.3) is 11.8 Å². The Morgan fingerprint density at radius 1 is 0.829 bits per heavy atom. The molecule has 0 aliphatic carbocycles. The molecule has 4 amide bonds. The number of hydrazine groups is 1. The van der Waals surface area contributed by atoms with Crippen molar-refractivity contribution in [1.82, 2.24) is 25.8 Å². The lowest BCUT2D eigenvalue weighted by Crippen LogP contribution is -2.50. The number of piperazine rings is 1. The summed E-state index contributed by atoms with van der Waals surface area (Å²) in [6.07, 6.45) is 0. The van der Waals surface area contributed by atoms with Crippen LogP contribution in [0.4, 0.5) is 10.5 Å². The van der Waals surface area contributed by atoms with Crippen LogP contribution in [0, 0.1) is 6.92 Å². The Bertz CT molecular complexity index is 1460. The van der Waals surface area contributed by atoms with Gasteiger partial charge in [-0.3, -0.25) is 19.9 Å². The number of hydrogen-bond donors (Lipinski definition) is 3. The van der Waals surface area contributed by atoms with Crippen LogP contribution in [0.5, 0.6) is 0 Å². The van der Waals surface area contributed by atoms with Crippen LogP contribution in [0.3, 0.4) is 0 Å². The summed E-state index contributed by atoms with van der Waals surface area (Å²) in [5.41, 5.74) is 7.23. The van der Waals surface area contributed by atoms with Gasteiger partial charge in [-0.05, 0) is 42.3 Å². The second kappa shape index (κ2) is 12.7. The molecule has 0 radical (unpaired) electrons. The molecule has 41 heavy (non-hydrogen) atoms. The number of nitrogens with one attached hydrogen (secondary N) is 3. The molecule has 0 saturated carbocycles. The fourth-order valence-electron chi connectivity index (χ4n) is 4.87. The first-order chi connectivity index (χ1) is 19.9. The molecule has 4 aromatic rings. The number of amides is 4. The van der Waals surface area contributed by atoms with E-state index in [0.29, 0.717) is 36.9 Å². The molecule has 0 spiro atoms. The molecule has 0 bridgehead atoms.